The molecule has 0 radical (unpaired) electrons. The minimum absolute atomic E-state index is 0.676. The summed E-state index contributed by atoms with van der Waals surface area (Å²) in [6, 6.07) is 8.43. The Bertz CT molecular complexity index is 360. The van der Waals surface area contributed by atoms with Crippen molar-refractivity contribution in [1.82, 2.24) is 10.6 Å². The highest BCUT2D eigenvalue weighted by molar-refractivity contribution is 5.79. The summed E-state index contributed by atoms with van der Waals surface area (Å²) in [4.78, 5) is 4.52. The molecule has 4 nitrogen and oxygen atoms in total. The van der Waals surface area contributed by atoms with Crippen LogP contribution in [-0.2, 0) is 11.3 Å². The number of aliphatic imine (C=N–C) groups is 1. The molecule has 0 heterocycles. The van der Waals surface area contributed by atoms with Gasteiger partial charge in [0.15, 0.2) is 5.96 Å². The Morgan fingerprint density at radius 3 is 2.56 bits per heavy atom. The lowest BCUT2D eigenvalue weighted by molar-refractivity contribution is 0.203. The maximum absolute atomic E-state index is 5.00. The van der Waals surface area contributed by atoms with Crippen LogP contribution in [0.3, 0.4) is 0 Å². The Morgan fingerprint density at radius 1 is 1.22 bits per heavy atom. The van der Waals surface area contributed by atoms with Crippen molar-refractivity contribution in [2.45, 2.75) is 20.4 Å². The third-order valence-electron chi connectivity index (χ3n) is 2.48. The lowest BCUT2D eigenvalue weighted by Gasteiger charge is -2.10. The van der Waals surface area contributed by atoms with Gasteiger partial charge in [0.1, 0.15) is 0 Å². The van der Waals surface area contributed by atoms with E-state index in [-0.39, 0.29) is 0 Å². The Balaban J connectivity index is 2.50. The summed E-state index contributed by atoms with van der Waals surface area (Å²) in [7, 11) is 1.69. The molecule has 1 aromatic rings. The Kier molecular flexibility index (Phi) is 6.87. The van der Waals surface area contributed by atoms with E-state index < -0.39 is 0 Å². The minimum atomic E-state index is 0.676. The van der Waals surface area contributed by atoms with Gasteiger partial charge in [-0.05, 0) is 19.4 Å². The molecule has 100 valence electrons. The molecule has 0 amide bonds. The summed E-state index contributed by atoms with van der Waals surface area (Å²) in [6.07, 6.45) is 0. The molecule has 0 fully saturated rings. The van der Waals surface area contributed by atoms with Gasteiger partial charge in [-0.3, -0.25) is 0 Å². The Labute approximate surface area is 109 Å². The van der Waals surface area contributed by atoms with Crippen LogP contribution in [-0.4, -0.2) is 32.8 Å². The van der Waals surface area contributed by atoms with E-state index in [0.717, 1.165) is 19.0 Å². The first-order valence-electron chi connectivity index (χ1n) is 6.33. The first-order valence-corrected chi connectivity index (χ1v) is 6.33. The second kappa shape index (κ2) is 8.53. The van der Waals surface area contributed by atoms with Crippen LogP contribution in [0.1, 0.15) is 18.1 Å². The fourth-order valence-electron chi connectivity index (χ4n) is 1.48. The van der Waals surface area contributed by atoms with Crippen molar-refractivity contribution in [3.05, 3.63) is 35.4 Å². The molecule has 4 heteroatoms. The summed E-state index contributed by atoms with van der Waals surface area (Å²) >= 11 is 0. The molecule has 0 aromatic heterocycles. The first kappa shape index (κ1) is 14.5. The Morgan fingerprint density at radius 2 is 1.94 bits per heavy atom. The van der Waals surface area contributed by atoms with Gasteiger partial charge in [0.05, 0.1) is 13.2 Å². The van der Waals surface area contributed by atoms with Crippen molar-refractivity contribution in [1.29, 1.82) is 0 Å². The summed E-state index contributed by atoms with van der Waals surface area (Å²) < 4.78 is 5.00. The highest BCUT2D eigenvalue weighted by atomic mass is 16.5. The van der Waals surface area contributed by atoms with Gasteiger partial charge in [0.25, 0.3) is 0 Å². The molecule has 0 atom stereocenters. The molecule has 0 spiro atoms. The number of benzene rings is 1. The van der Waals surface area contributed by atoms with Crippen molar-refractivity contribution in [3.63, 3.8) is 0 Å². The second-order valence-corrected chi connectivity index (χ2v) is 4.10. The van der Waals surface area contributed by atoms with E-state index in [2.05, 4.69) is 53.7 Å². The average molecular weight is 249 g/mol. The summed E-state index contributed by atoms with van der Waals surface area (Å²) in [5, 5.41) is 6.42. The second-order valence-electron chi connectivity index (χ2n) is 4.10. The SMILES string of the molecule is CCNC(=NCc1ccc(C)cc1)NCCOC. The number of hydrogen-bond acceptors (Lipinski definition) is 2. The van der Waals surface area contributed by atoms with E-state index in [1.807, 2.05) is 0 Å². The number of nitrogens with one attached hydrogen (secondary N) is 2. The minimum Gasteiger partial charge on any atom is -0.383 e. The van der Waals surface area contributed by atoms with E-state index in [9.17, 15) is 0 Å². The van der Waals surface area contributed by atoms with Crippen molar-refractivity contribution >= 4 is 5.96 Å². The van der Waals surface area contributed by atoms with Crippen LogP contribution < -0.4 is 10.6 Å². The molecule has 1 rings (SSSR count). The van der Waals surface area contributed by atoms with Gasteiger partial charge in [0.2, 0.25) is 0 Å². The van der Waals surface area contributed by atoms with E-state index in [4.69, 9.17) is 4.74 Å². The fraction of sp³-hybridized carbons (Fsp3) is 0.500. The van der Waals surface area contributed by atoms with Crippen LogP contribution in [0.25, 0.3) is 0 Å². The average Bonchev–Trinajstić information content (AvgIpc) is 2.38. The third-order valence-corrected chi connectivity index (χ3v) is 2.48. The largest absolute Gasteiger partial charge is 0.383 e. The number of hydrogen-bond donors (Lipinski definition) is 2. The standard InChI is InChI=1S/C14H23N3O/c1-4-15-14(16-9-10-18-3)17-11-13-7-5-12(2)6-8-13/h5-8H,4,9-11H2,1-3H3,(H2,15,16,17). The maximum atomic E-state index is 5.00. The monoisotopic (exact) mass is 249 g/mol. The highest BCUT2D eigenvalue weighted by Gasteiger charge is 1.96. The molecule has 0 aliphatic carbocycles. The zero-order valence-corrected chi connectivity index (χ0v) is 11.5. The molecule has 0 saturated carbocycles. The predicted octanol–water partition coefficient (Wildman–Crippen LogP) is 1.70. The van der Waals surface area contributed by atoms with Crippen LogP contribution >= 0.6 is 0 Å². The smallest absolute Gasteiger partial charge is 0.191 e. The fourth-order valence-corrected chi connectivity index (χ4v) is 1.48. The zero-order chi connectivity index (χ0) is 13.2. The van der Waals surface area contributed by atoms with Crippen LogP contribution in [0.2, 0.25) is 0 Å². The van der Waals surface area contributed by atoms with Gasteiger partial charge in [0, 0.05) is 20.2 Å². The van der Waals surface area contributed by atoms with Crippen LogP contribution in [0, 0.1) is 6.92 Å². The number of methoxy groups -OCH3 is 1. The number of ether oxygens (including phenoxy) is 1. The number of rotatable bonds is 6. The van der Waals surface area contributed by atoms with E-state index in [1.165, 1.54) is 11.1 Å². The summed E-state index contributed by atoms with van der Waals surface area (Å²) in [6.45, 7) is 7.11. The zero-order valence-electron chi connectivity index (χ0n) is 11.5. The first-order chi connectivity index (χ1) is 8.76. The topological polar surface area (TPSA) is 45.7 Å². The van der Waals surface area contributed by atoms with Crippen LogP contribution in [0.5, 0.6) is 0 Å². The Hall–Kier alpha value is -1.55. The lowest BCUT2D eigenvalue weighted by atomic mass is 10.1. The van der Waals surface area contributed by atoms with Crippen LogP contribution in [0.15, 0.2) is 29.3 Å². The molecule has 1 aromatic carbocycles. The van der Waals surface area contributed by atoms with Gasteiger partial charge in [-0.1, -0.05) is 29.8 Å². The molecule has 0 saturated heterocycles. The quantitative estimate of drug-likeness (QED) is 0.458. The molecular weight excluding hydrogens is 226 g/mol. The number of guanidine groups is 1. The predicted molar refractivity (Wildman–Crippen MR) is 75.9 cm³/mol. The summed E-state index contributed by atoms with van der Waals surface area (Å²) in [5.74, 6) is 0.829. The van der Waals surface area contributed by atoms with E-state index in [0.29, 0.717) is 13.2 Å². The molecular formula is C14H23N3O. The van der Waals surface area contributed by atoms with Gasteiger partial charge in [-0.25, -0.2) is 4.99 Å². The maximum Gasteiger partial charge on any atom is 0.191 e. The van der Waals surface area contributed by atoms with E-state index >= 15 is 0 Å². The van der Waals surface area contributed by atoms with Crippen molar-refractivity contribution in [2.24, 2.45) is 4.99 Å². The number of nitrogens with zero attached hydrogens (tertiary/aromatic N) is 1. The van der Waals surface area contributed by atoms with Crippen molar-refractivity contribution in [2.75, 3.05) is 26.8 Å². The molecule has 0 unspecified atom stereocenters. The van der Waals surface area contributed by atoms with Crippen molar-refractivity contribution < 1.29 is 4.74 Å². The molecule has 2 N–H and O–H groups in total. The van der Waals surface area contributed by atoms with Gasteiger partial charge in [-0.2, -0.15) is 0 Å². The van der Waals surface area contributed by atoms with Crippen LogP contribution in [0.4, 0.5) is 0 Å². The third kappa shape index (κ3) is 5.68. The number of aryl methyl sites for hydroxylation is 1. The van der Waals surface area contributed by atoms with Crippen molar-refractivity contribution in [3.8, 4) is 0 Å². The molecule has 0 bridgehead atoms. The highest BCUT2D eigenvalue weighted by Crippen LogP contribution is 2.04. The molecule has 0 aliphatic heterocycles. The molecule has 18 heavy (non-hydrogen) atoms. The van der Waals surface area contributed by atoms with Gasteiger partial charge < -0.3 is 15.4 Å². The lowest BCUT2D eigenvalue weighted by Crippen LogP contribution is -2.38. The molecule has 0 aliphatic rings. The normalized spacial score (nSPS) is 11.4. The van der Waals surface area contributed by atoms with E-state index in [1.54, 1.807) is 7.11 Å². The van der Waals surface area contributed by atoms with Gasteiger partial charge in [-0.15, -0.1) is 0 Å². The van der Waals surface area contributed by atoms with Gasteiger partial charge >= 0.3 is 0 Å². The summed E-state index contributed by atoms with van der Waals surface area (Å²) in [5.41, 5.74) is 2.48.